The molecule has 0 spiro atoms. The van der Waals surface area contributed by atoms with Crippen molar-refractivity contribution in [3.05, 3.63) is 58.9 Å². The zero-order chi connectivity index (χ0) is 17.8. The van der Waals surface area contributed by atoms with Crippen LogP contribution in [-0.2, 0) is 11.3 Å². The first-order valence-corrected chi connectivity index (χ1v) is 9.72. The number of thiophene rings is 1. The Hall–Kier alpha value is -2.78. The van der Waals surface area contributed by atoms with Gasteiger partial charge in [-0.15, -0.1) is 21.5 Å². The van der Waals surface area contributed by atoms with E-state index in [9.17, 15) is 4.79 Å². The molecule has 0 saturated carbocycles. The first kappa shape index (κ1) is 16.7. The number of rotatable bonds is 6. The molecule has 0 radical (unpaired) electrons. The predicted molar refractivity (Wildman–Crippen MR) is 101 cm³/mol. The van der Waals surface area contributed by atoms with Crippen LogP contribution in [0.25, 0.3) is 17.0 Å². The lowest BCUT2D eigenvalue weighted by atomic mass is 10.2. The van der Waals surface area contributed by atoms with Gasteiger partial charge in [0, 0.05) is 11.1 Å². The van der Waals surface area contributed by atoms with Gasteiger partial charge in [-0.3, -0.25) is 9.78 Å². The van der Waals surface area contributed by atoms with Crippen molar-refractivity contribution in [2.24, 2.45) is 0 Å². The summed E-state index contributed by atoms with van der Waals surface area (Å²) >= 11 is 2.92. The quantitative estimate of drug-likeness (QED) is 0.516. The van der Waals surface area contributed by atoms with Crippen LogP contribution < -0.4 is 5.32 Å². The molecular weight excluding hydrogens is 368 g/mol. The molecule has 0 bridgehead atoms. The van der Waals surface area contributed by atoms with Crippen LogP contribution in [-0.4, -0.2) is 36.5 Å². The highest BCUT2D eigenvalue weighted by atomic mass is 32.2. The smallest absolute Gasteiger partial charge is 0.230 e. The first-order chi connectivity index (χ1) is 12.8. The number of carbonyl (C=O) groups excluding carboxylic acids is 1. The predicted octanol–water partition coefficient (Wildman–Crippen LogP) is 2.66. The summed E-state index contributed by atoms with van der Waals surface area (Å²) in [5.41, 5.74) is 2.13. The highest BCUT2D eigenvalue weighted by molar-refractivity contribution is 7.99. The van der Waals surface area contributed by atoms with E-state index in [4.69, 9.17) is 0 Å². The Morgan fingerprint density at radius 1 is 1.12 bits per heavy atom. The molecule has 0 aliphatic carbocycles. The minimum Gasteiger partial charge on any atom is -0.350 e. The lowest BCUT2D eigenvalue weighted by Gasteiger charge is -2.04. The topological polar surface area (TPSA) is 85.1 Å². The molecule has 130 valence electrons. The molecular formula is C17H14N6OS2. The summed E-state index contributed by atoms with van der Waals surface area (Å²) in [7, 11) is 0. The fraction of sp³-hybridized carbons (Fsp3) is 0.118. The molecule has 0 aliphatic rings. The Balaban J connectivity index is 1.45. The van der Waals surface area contributed by atoms with Crippen molar-refractivity contribution in [2.45, 2.75) is 11.7 Å². The number of pyridine rings is 1. The molecule has 1 N–H and O–H groups in total. The molecule has 4 aromatic heterocycles. The standard InChI is InChI=1S/C17H14N6OS2/c24-16(19-10-12-4-3-9-25-12)11-26-17-21-20-15-7-6-14(22-23(15)17)13-5-1-2-8-18-13/h1-9H,10-11H2,(H,19,24). The lowest BCUT2D eigenvalue weighted by Crippen LogP contribution is -2.24. The Morgan fingerprint density at radius 2 is 2.08 bits per heavy atom. The maximum Gasteiger partial charge on any atom is 0.230 e. The van der Waals surface area contributed by atoms with Crippen LogP contribution >= 0.6 is 23.1 Å². The van der Waals surface area contributed by atoms with Crippen LogP contribution in [0.5, 0.6) is 0 Å². The monoisotopic (exact) mass is 382 g/mol. The lowest BCUT2D eigenvalue weighted by molar-refractivity contribution is -0.118. The van der Waals surface area contributed by atoms with Crippen LogP contribution in [0.4, 0.5) is 0 Å². The van der Waals surface area contributed by atoms with Gasteiger partial charge in [-0.25, -0.2) is 0 Å². The minimum absolute atomic E-state index is 0.0546. The van der Waals surface area contributed by atoms with E-state index in [2.05, 4.69) is 25.6 Å². The summed E-state index contributed by atoms with van der Waals surface area (Å²) in [4.78, 5) is 17.5. The minimum atomic E-state index is -0.0546. The van der Waals surface area contributed by atoms with E-state index in [1.54, 1.807) is 22.0 Å². The number of hydrogen-bond donors (Lipinski definition) is 1. The second-order valence-corrected chi connectivity index (χ2v) is 7.31. The Bertz CT molecular complexity index is 1020. The fourth-order valence-corrected chi connectivity index (χ4v) is 3.65. The zero-order valence-corrected chi connectivity index (χ0v) is 15.2. The van der Waals surface area contributed by atoms with Crippen molar-refractivity contribution in [1.29, 1.82) is 0 Å². The Labute approximate surface area is 157 Å². The Morgan fingerprint density at radius 3 is 2.88 bits per heavy atom. The summed E-state index contributed by atoms with van der Waals surface area (Å²) in [6, 6.07) is 13.3. The van der Waals surface area contributed by atoms with Crippen molar-refractivity contribution in [3.63, 3.8) is 0 Å². The number of nitrogens with zero attached hydrogens (tertiary/aromatic N) is 5. The van der Waals surface area contributed by atoms with Crippen LogP contribution in [0.15, 0.2) is 59.2 Å². The molecule has 26 heavy (non-hydrogen) atoms. The van der Waals surface area contributed by atoms with Crippen molar-refractivity contribution in [1.82, 2.24) is 30.1 Å². The maximum atomic E-state index is 12.0. The van der Waals surface area contributed by atoms with E-state index < -0.39 is 0 Å². The molecule has 0 fully saturated rings. The van der Waals surface area contributed by atoms with E-state index in [1.165, 1.54) is 11.8 Å². The van der Waals surface area contributed by atoms with Crippen LogP contribution in [0.3, 0.4) is 0 Å². The summed E-state index contributed by atoms with van der Waals surface area (Å²) in [6.07, 6.45) is 1.72. The van der Waals surface area contributed by atoms with Gasteiger partial charge in [0.2, 0.25) is 11.1 Å². The van der Waals surface area contributed by atoms with Gasteiger partial charge in [-0.2, -0.15) is 9.61 Å². The van der Waals surface area contributed by atoms with Crippen molar-refractivity contribution in [2.75, 3.05) is 5.75 Å². The zero-order valence-electron chi connectivity index (χ0n) is 13.6. The summed E-state index contributed by atoms with van der Waals surface area (Å²) in [5, 5.41) is 18.2. The van der Waals surface area contributed by atoms with Gasteiger partial charge in [0.25, 0.3) is 0 Å². The molecule has 0 saturated heterocycles. The van der Waals surface area contributed by atoms with E-state index in [0.717, 1.165) is 16.3 Å². The SMILES string of the molecule is O=C(CSc1nnc2ccc(-c3ccccn3)nn12)NCc1cccs1. The van der Waals surface area contributed by atoms with E-state index in [1.807, 2.05) is 47.8 Å². The number of aromatic nitrogens is 5. The molecule has 4 rings (SSSR count). The normalized spacial score (nSPS) is 10.9. The summed E-state index contributed by atoms with van der Waals surface area (Å²) in [5.74, 6) is 0.197. The molecule has 0 unspecified atom stereocenters. The number of amides is 1. The van der Waals surface area contributed by atoms with Crippen LogP contribution in [0, 0.1) is 0 Å². The van der Waals surface area contributed by atoms with Gasteiger partial charge in [-0.1, -0.05) is 23.9 Å². The summed E-state index contributed by atoms with van der Waals surface area (Å²) in [6.45, 7) is 0.541. The second-order valence-electron chi connectivity index (χ2n) is 5.33. The molecule has 7 nitrogen and oxygen atoms in total. The molecule has 4 aromatic rings. The van der Waals surface area contributed by atoms with Crippen LogP contribution in [0.1, 0.15) is 4.88 Å². The van der Waals surface area contributed by atoms with Gasteiger partial charge in [0.15, 0.2) is 5.65 Å². The average molecular weight is 382 g/mol. The highest BCUT2D eigenvalue weighted by Crippen LogP contribution is 2.19. The fourth-order valence-electron chi connectivity index (χ4n) is 2.29. The number of fused-ring (bicyclic) bond motifs is 1. The molecule has 0 atom stereocenters. The first-order valence-electron chi connectivity index (χ1n) is 7.85. The van der Waals surface area contributed by atoms with E-state index >= 15 is 0 Å². The Kier molecular flexibility index (Phi) is 4.89. The third-order valence-corrected chi connectivity index (χ3v) is 5.33. The number of nitrogens with one attached hydrogen (secondary N) is 1. The van der Waals surface area contributed by atoms with Gasteiger partial charge < -0.3 is 5.32 Å². The van der Waals surface area contributed by atoms with Crippen molar-refractivity contribution < 1.29 is 4.79 Å². The van der Waals surface area contributed by atoms with Gasteiger partial charge in [-0.05, 0) is 35.7 Å². The number of thioether (sulfide) groups is 1. The maximum absolute atomic E-state index is 12.0. The summed E-state index contributed by atoms with van der Waals surface area (Å²) < 4.78 is 1.64. The van der Waals surface area contributed by atoms with Gasteiger partial charge in [0.1, 0.15) is 5.69 Å². The average Bonchev–Trinajstić information content (AvgIpc) is 3.35. The van der Waals surface area contributed by atoms with Crippen molar-refractivity contribution in [3.8, 4) is 11.4 Å². The molecule has 1 amide bonds. The number of hydrogen-bond acceptors (Lipinski definition) is 7. The van der Waals surface area contributed by atoms with E-state index in [-0.39, 0.29) is 11.7 Å². The van der Waals surface area contributed by atoms with Gasteiger partial charge >= 0.3 is 0 Å². The largest absolute Gasteiger partial charge is 0.350 e. The third kappa shape index (κ3) is 3.73. The van der Waals surface area contributed by atoms with Gasteiger partial charge in [0.05, 0.1) is 18.0 Å². The van der Waals surface area contributed by atoms with E-state index in [0.29, 0.717) is 17.3 Å². The molecule has 0 aliphatic heterocycles. The van der Waals surface area contributed by atoms with Crippen LogP contribution in [0.2, 0.25) is 0 Å². The molecule has 9 heteroatoms. The second kappa shape index (κ2) is 7.63. The van der Waals surface area contributed by atoms with Crippen molar-refractivity contribution >= 4 is 34.7 Å². The molecule has 4 heterocycles. The molecule has 0 aromatic carbocycles. The number of carbonyl (C=O) groups is 1. The third-order valence-electron chi connectivity index (χ3n) is 3.53. The highest BCUT2D eigenvalue weighted by Gasteiger charge is 2.12.